The van der Waals surface area contributed by atoms with Gasteiger partial charge < -0.3 is 21.1 Å². The number of ether oxygens (including phenoxy) is 1. The van der Waals surface area contributed by atoms with Crippen molar-refractivity contribution in [2.75, 3.05) is 31.2 Å². The molecule has 1 aliphatic rings. The van der Waals surface area contributed by atoms with Gasteiger partial charge in [-0.3, -0.25) is 9.78 Å². The zero-order valence-corrected chi connectivity index (χ0v) is 18.2. The molecule has 0 bridgehead atoms. The summed E-state index contributed by atoms with van der Waals surface area (Å²) in [6.45, 7) is 1.86. The lowest BCUT2D eigenvalue weighted by Gasteiger charge is -2.23. The van der Waals surface area contributed by atoms with E-state index in [0.29, 0.717) is 33.9 Å². The van der Waals surface area contributed by atoms with E-state index in [-0.39, 0.29) is 11.9 Å². The molecule has 0 aliphatic carbocycles. The Morgan fingerprint density at radius 3 is 2.73 bits per heavy atom. The van der Waals surface area contributed by atoms with Crippen molar-refractivity contribution in [3.8, 4) is 17.0 Å². The number of nitrogen functional groups attached to an aromatic ring is 1. The number of carbonyl (C=O) groups excluding carboxylic acids is 1. The maximum atomic E-state index is 12.6. The van der Waals surface area contributed by atoms with E-state index in [4.69, 9.17) is 15.6 Å². The molecule has 0 saturated carbocycles. The van der Waals surface area contributed by atoms with E-state index in [9.17, 15) is 4.79 Å². The highest BCUT2D eigenvalue weighted by molar-refractivity contribution is 6.05. The molecule has 3 aromatic heterocycles. The van der Waals surface area contributed by atoms with Crippen LogP contribution in [0.15, 0.2) is 49.1 Å². The van der Waals surface area contributed by atoms with Crippen LogP contribution in [0.25, 0.3) is 22.3 Å². The normalized spacial score (nSPS) is 14.3. The molecular formula is C23H24N8O2. The number of anilines is 2. The second kappa shape index (κ2) is 8.83. The van der Waals surface area contributed by atoms with Crippen LogP contribution in [-0.4, -0.2) is 50.8 Å². The number of fused-ring (bicyclic) bond motifs is 1. The smallest absolute Gasteiger partial charge is 0.255 e. The fourth-order valence-electron chi connectivity index (χ4n) is 4.14. The first kappa shape index (κ1) is 20.8. The molecule has 33 heavy (non-hydrogen) atoms. The van der Waals surface area contributed by atoms with Gasteiger partial charge in [-0.05, 0) is 50.2 Å². The predicted octanol–water partition coefficient (Wildman–Crippen LogP) is 2.66. The third-order valence-corrected chi connectivity index (χ3v) is 5.84. The molecule has 1 aliphatic heterocycles. The Kier molecular flexibility index (Phi) is 5.57. The van der Waals surface area contributed by atoms with Gasteiger partial charge in [0.25, 0.3) is 5.91 Å². The molecule has 0 unspecified atom stereocenters. The standard InChI is InChI=1S/C23H24N8O2/c1-33-18-12-15(2-3-17(18)29-23(32)14-4-8-25-9-5-14)20-19-21(24)27-13-28-22(19)31(30-20)16-6-10-26-11-7-16/h2-5,8-9,12-13,16,26H,6-7,10-11H2,1H3,(H,29,32)(H2,24,27,28). The lowest BCUT2D eigenvalue weighted by atomic mass is 10.1. The lowest BCUT2D eigenvalue weighted by Crippen LogP contribution is -2.30. The number of benzene rings is 1. The van der Waals surface area contributed by atoms with Gasteiger partial charge in [-0.15, -0.1) is 0 Å². The van der Waals surface area contributed by atoms with Gasteiger partial charge in [0.2, 0.25) is 0 Å². The van der Waals surface area contributed by atoms with Gasteiger partial charge in [0.1, 0.15) is 23.6 Å². The summed E-state index contributed by atoms with van der Waals surface area (Å²) in [7, 11) is 1.56. The monoisotopic (exact) mass is 444 g/mol. The van der Waals surface area contributed by atoms with Gasteiger partial charge in [0.05, 0.1) is 24.2 Å². The fraction of sp³-hybridized carbons (Fsp3) is 0.261. The van der Waals surface area contributed by atoms with Crippen molar-refractivity contribution < 1.29 is 9.53 Å². The van der Waals surface area contributed by atoms with E-state index in [2.05, 4.69) is 25.6 Å². The number of piperidine rings is 1. The number of carbonyl (C=O) groups is 1. The highest BCUT2D eigenvalue weighted by Crippen LogP contribution is 2.36. The molecule has 0 radical (unpaired) electrons. The minimum atomic E-state index is -0.248. The summed E-state index contributed by atoms with van der Waals surface area (Å²) in [5.74, 6) is 0.640. The van der Waals surface area contributed by atoms with E-state index in [0.717, 1.165) is 37.1 Å². The highest BCUT2D eigenvalue weighted by Gasteiger charge is 2.24. The zero-order chi connectivity index (χ0) is 22.8. The number of hydrogen-bond acceptors (Lipinski definition) is 8. The van der Waals surface area contributed by atoms with Gasteiger partial charge in [-0.2, -0.15) is 5.10 Å². The zero-order valence-electron chi connectivity index (χ0n) is 18.2. The molecule has 10 heteroatoms. The van der Waals surface area contributed by atoms with Crippen molar-refractivity contribution in [2.45, 2.75) is 18.9 Å². The average Bonchev–Trinajstić information content (AvgIpc) is 3.26. The minimum absolute atomic E-state index is 0.234. The Morgan fingerprint density at radius 1 is 1.18 bits per heavy atom. The van der Waals surface area contributed by atoms with Crippen molar-refractivity contribution in [1.29, 1.82) is 0 Å². The first-order chi connectivity index (χ1) is 16.2. The second-order valence-electron chi connectivity index (χ2n) is 7.84. The highest BCUT2D eigenvalue weighted by atomic mass is 16.5. The number of amides is 1. The fourth-order valence-corrected chi connectivity index (χ4v) is 4.14. The van der Waals surface area contributed by atoms with Crippen LogP contribution in [-0.2, 0) is 0 Å². The summed E-state index contributed by atoms with van der Waals surface area (Å²) in [6, 6.07) is 9.05. The first-order valence-electron chi connectivity index (χ1n) is 10.7. The van der Waals surface area contributed by atoms with Crippen LogP contribution >= 0.6 is 0 Å². The number of nitrogens with one attached hydrogen (secondary N) is 2. The Morgan fingerprint density at radius 2 is 1.97 bits per heavy atom. The summed E-state index contributed by atoms with van der Waals surface area (Å²) in [5, 5.41) is 11.9. The largest absolute Gasteiger partial charge is 0.495 e. The first-order valence-corrected chi connectivity index (χ1v) is 10.7. The topological polar surface area (TPSA) is 133 Å². The Bertz CT molecular complexity index is 1300. The molecule has 10 nitrogen and oxygen atoms in total. The maximum absolute atomic E-state index is 12.6. The van der Waals surface area contributed by atoms with Gasteiger partial charge in [0, 0.05) is 23.5 Å². The molecule has 1 fully saturated rings. The summed E-state index contributed by atoms with van der Waals surface area (Å²) >= 11 is 0. The predicted molar refractivity (Wildman–Crippen MR) is 125 cm³/mol. The van der Waals surface area contributed by atoms with E-state index < -0.39 is 0 Å². The molecular weight excluding hydrogens is 420 g/mol. The third kappa shape index (κ3) is 3.96. The van der Waals surface area contributed by atoms with Crippen LogP contribution in [0.5, 0.6) is 5.75 Å². The van der Waals surface area contributed by atoms with Crippen LogP contribution in [0.2, 0.25) is 0 Å². The van der Waals surface area contributed by atoms with Crippen molar-refractivity contribution in [3.63, 3.8) is 0 Å². The minimum Gasteiger partial charge on any atom is -0.495 e. The molecule has 1 amide bonds. The molecule has 4 N–H and O–H groups in total. The molecule has 0 atom stereocenters. The molecule has 5 rings (SSSR count). The average molecular weight is 444 g/mol. The Balaban J connectivity index is 1.54. The van der Waals surface area contributed by atoms with Gasteiger partial charge in [-0.25, -0.2) is 14.6 Å². The van der Waals surface area contributed by atoms with Crippen LogP contribution < -0.4 is 21.1 Å². The summed E-state index contributed by atoms with van der Waals surface area (Å²) in [6.07, 6.45) is 6.54. The van der Waals surface area contributed by atoms with Gasteiger partial charge in [-0.1, -0.05) is 6.07 Å². The summed E-state index contributed by atoms with van der Waals surface area (Å²) < 4.78 is 7.54. The Hall–Kier alpha value is -4.05. The molecule has 1 aromatic carbocycles. The van der Waals surface area contributed by atoms with E-state index >= 15 is 0 Å². The number of pyridine rings is 1. The van der Waals surface area contributed by atoms with Crippen LogP contribution in [0.1, 0.15) is 29.2 Å². The van der Waals surface area contributed by atoms with Crippen molar-refractivity contribution in [2.24, 2.45) is 0 Å². The van der Waals surface area contributed by atoms with Crippen molar-refractivity contribution >= 4 is 28.4 Å². The van der Waals surface area contributed by atoms with Gasteiger partial charge >= 0.3 is 0 Å². The number of aromatic nitrogens is 5. The molecule has 4 aromatic rings. The SMILES string of the molecule is COc1cc(-c2nn(C3CCNCC3)c3ncnc(N)c23)ccc1NC(=O)c1ccncc1. The van der Waals surface area contributed by atoms with Gasteiger partial charge in [0.15, 0.2) is 5.65 Å². The third-order valence-electron chi connectivity index (χ3n) is 5.84. The maximum Gasteiger partial charge on any atom is 0.255 e. The number of rotatable bonds is 5. The molecule has 0 spiro atoms. The number of nitrogens with zero attached hydrogens (tertiary/aromatic N) is 5. The number of methoxy groups -OCH3 is 1. The number of hydrogen-bond donors (Lipinski definition) is 3. The summed E-state index contributed by atoms with van der Waals surface area (Å²) in [4.78, 5) is 25.2. The van der Waals surface area contributed by atoms with E-state index in [1.807, 2.05) is 16.8 Å². The lowest BCUT2D eigenvalue weighted by molar-refractivity contribution is 0.102. The second-order valence-corrected chi connectivity index (χ2v) is 7.84. The molecule has 168 valence electrons. The van der Waals surface area contributed by atoms with Crippen molar-refractivity contribution in [1.82, 2.24) is 30.0 Å². The molecule has 1 saturated heterocycles. The molecule has 4 heterocycles. The van der Waals surface area contributed by atoms with Crippen molar-refractivity contribution in [3.05, 3.63) is 54.6 Å². The van der Waals surface area contributed by atoms with Crippen LogP contribution in [0.3, 0.4) is 0 Å². The number of nitrogens with two attached hydrogens (primary N) is 1. The Labute approximate surface area is 190 Å². The van der Waals surface area contributed by atoms with E-state index in [1.54, 1.807) is 37.7 Å². The van der Waals surface area contributed by atoms with E-state index in [1.165, 1.54) is 6.33 Å². The quantitative estimate of drug-likeness (QED) is 0.428. The summed E-state index contributed by atoms with van der Waals surface area (Å²) in [5.41, 5.74) is 9.52. The van der Waals surface area contributed by atoms with Crippen LogP contribution in [0.4, 0.5) is 11.5 Å². The van der Waals surface area contributed by atoms with Crippen LogP contribution in [0, 0.1) is 0 Å².